The van der Waals surface area contributed by atoms with Crippen molar-refractivity contribution in [3.05, 3.63) is 0 Å². The lowest BCUT2D eigenvalue weighted by molar-refractivity contribution is -0.148. The molecule has 1 rings (SSSR count). The minimum absolute atomic E-state index is 0.0331. The lowest BCUT2D eigenvalue weighted by Crippen LogP contribution is -2.48. The van der Waals surface area contributed by atoms with E-state index >= 15 is 0 Å². The Kier molecular flexibility index (Phi) is 46.4. The van der Waals surface area contributed by atoms with Gasteiger partial charge in [0.25, 0.3) is 0 Å². The van der Waals surface area contributed by atoms with Gasteiger partial charge in [-0.1, -0.05) is 104 Å². The third kappa shape index (κ3) is 41.7. The predicted octanol–water partition coefficient (Wildman–Crippen LogP) is 3.90. The Labute approximate surface area is 520 Å². The Morgan fingerprint density at radius 3 is 1.29 bits per heavy atom. The molecule has 1 heterocycles. The van der Waals surface area contributed by atoms with Crippen molar-refractivity contribution in [3.8, 4) is 0 Å². The molecule has 1 fully saturated rings. The summed E-state index contributed by atoms with van der Waals surface area (Å²) in [7, 11) is 0. The normalized spacial score (nSPS) is 14.4. The van der Waals surface area contributed by atoms with Crippen LogP contribution in [0.4, 0.5) is 0 Å². The molecule has 11 N–H and O–H groups in total. The van der Waals surface area contributed by atoms with E-state index in [1.165, 1.54) is 75.5 Å². The van der Waals surface area contributed by atoms with Crippen LogP contribution in [0.5, 0.6) is 0 Å². The number of aliphatic carboxylic acids is 4. The zero-order chi connectivity index (χ0) is 63.7. The van der Waals surface area contributed by atoms with Crippen LogP contribution in [0.25, 0.3) is 0 Å². The van der Waals surface area contributed by atoms with Gasteiger partial charge in [-0.3, -0.25) is 33.6 Å². The van der Waals surface area contributed by atoms with Crippen molar-refractivity contribution >= 4 is 88.1 Å². The second-order valence-corrected chi connectivity index (χ2v) is 22.6. The van der Waals surface area contributed by atoms with E-state index in [2.05, 4.69) is 49.3 Å². The van der Waals surface area contributed by atoms with Crippen molar-refractivity contribution < 1.29 is 92.1 Å². The molecule has 0 bridgehead atoms. The van der Waals surface area contributed by atoms with E-state index in [-0.39, 0.29) is 122 Å². The molecule has 2 unspecified atom stereocenters. The first-order chi connectivity index (χ1) is 41.2. The van der Waals surface area contributed by atoms with Crippen LogP contribution in [0.3, 0.4) is 0 Å². The lowest BCUT2D eigenvalue weighted by atomic mass is 10.0. The number of carboxylic acids is 4. The number of nitrogens with zero attached hydrogens (tertiary/aromatic N) is 1. The molecule has 494 valence electrons. The number of carboxylic acid groups (broad SMARTS) is 4. The Balaban J connectivity index is 2.08. The standard InChI is InChI=1S/C58H101IN8O19/c1-42(2)20-15-13-11-9-7-5-3-4-6-8-10-12-14-16-23-50(70)63-44(55(75)76)25-28-49(69)61-31-34-83-36-38-85-40-52(72)62-32-35-84-37-39-86-41-53(73)65-46(57(79)80)26-29-51(71)64-45(56(77)78)24-27-48(68)60-30-18-17-21-43(66-59)54(74)67-33-19-22-47(67)58(81)82/h42-47,66H,3-41H2,1-2H3,(H,60,68)(H,61,69)(H,62,72)(H,63,70)(H,64,71)(H,65,73)(H,75,76)(H,77,78)(H,79,80)(H,81,82)/t43?,44-,45-,46-,47?/m0/s1. The molecule has 1 aliphatic heterocycles. The molecule has 0 aliphatic carbocycles. The fourth-order valence-electron chi connectivity index (χ4n) is 9.26. The van der Waals surface area contributed by atoms with Crippen LogP contribution < -0.4 is 35.4 Å². The zero-order valence-electron chi connectivity index (χ0n) is 50.8. The molecule has 1 aliphatic rings. The van der Waals surface area contributed by atoms with E-state index in [1.807, 2.05) is 22.9 Å². The van der Waals surface area contributed by atoms with Gasteiger partial charge in [-0.05, 0) is 63.7 Å². The van der Waals surface area contributed by atoms with Gasteiger partial charge in [0.1, 0.15) is 37.4 Å². The Morgan fingerprint density at radius 1 is 0.430 bits per heavy atom. The van der Waals surface area contributed by atoms with Crippen LogP contribution >= 0.6 is 22.9 Å². The van der Waals surface area contributed by atoms with Crippen molar-refractivity contribution in [2.24, 2.45) is 5.92 Å². The van der Waals surface area contributed by atoms with Crippen LogP contribution in [-0.4, -0.2) is 200 Å². The number of hydrogen-bond acceptors (Lipinski definition) is 16. The SMILES string of the molecule is CC(C)CCCCCCCCCCCCCCCCC(=O)N[C@@H](CCC(=O)NCCOCCOCC(=O)NCCOCCOCC(=O)N[C@@H](CCC(=O)N[C@@H](CCC(=O)NCCCCC(NI)C(=O)N1CCCC1C(=O)O)C(=O)O)C(=O)O)C(=O)O. The zero-order valence-corrected chi connectivity index (χ0v) is 52.9. The molecule has 0 aromatic carbocycles. The fraction of sp³-hybridized carbons (Fsp3) is 0.810. The summed E-state index contributed by atoms with van der Waals surface area (Å²) in [6, 6.07) is -5.56. The van der Waals surface area contributed by atoms with Crippen molar-refractivity contribution in [1.82, 2.24) is 40.3 Å². The monoisotopic (exact) mass is 1340 g/mol. The van der Waals surface area contributed by atoms with E-state index in [9.17, 15) is 73.2 Å². The highest BCUT2D eigenvalue weighted by molar-refractivity contribution is 14.1. The summed E-state index contributed by atoms with van der Waals surface area (Å²) < 4.78 is 24.1. The quantitative estimate of drug-likeness (QED) is 0.0234. The summed E-state index contributed by atoms with van der Waals surface area (Å²) in [5, 5.41) is 53.1. The van der Waals surface area contributed by atoms with E-state index in [1.54, 1.807) is 0 Å². The van der Waals surface area contributed by atoms with E-state index in [0.717, 1.165) is 25.2 Å². The third-order valence-corrected chi connectivity index (χ3v) is 14.9. The van der Waals surface area contributed by atoms with Crippen molar-refractivity contribution in [3.63, 3.8) is 0 Å². The minimum atomic E-state index is -1.50. The van der Waals surface area contributed by atoms with Gasteiger partial charge in [-0.25, -0.2) is 22.7 Å². The number of rotatable bonds is 56. The van der Waals surface area contributed by atoms with Gasteiger partial charge in [0.2, 0.25) is 41.4 Å². The summed E-state index contributed by atoms with van der Waals surface area (Å²) in [4.78, 5) is 135. The number of carbonyl (C=O) groups excluding carboxylic acids is 7. The summed E-state index contributed by atoms with van der Waals surface area (Å²) >= 11 is 1.85. The number of halogens is 1. The second kappa shape index (κ2) is 50.7. The molecule has 28 heteroatoms. The highest BCUT2D eigenvalue weighted by Gasteiger charge is 2.37. The van der Waals surface area contributed by atoms with Gasteiger partial charge in [0.05, 0.1) is 45.7 Å². The van der Waals surface area contributed by atoms with Gasteiger partial charge in [0, 0.05) is 74.7 Å². The number of amides is 7. The maximum atomic E-state index is 12.9. The van der Waals surface area contributed by atoms with Gasteiger partial charge >= 0.3 is 23.9 Å². The average Bonchev–Trinajstić information content (AvgIpc) is 3.35. The first-order valence-corrected chi connectivity index (χ1v) is 31.9. The molecule has 0 spiro atoms. The topological polar surface area (TPSA) is 393 Å². The molecule has 0 saturated carbocycles. The first kappa shape index (κ1) is 78.7. The summed E-state index contributed by atoms with van der Waals surface area (Å²) in [6.07, 6.45) is 19.4. The predicted molar refractivity (Wildman–Crippen MR) is 325 cm³/mol. The van der Waals surface area contributed by atoms with Crippen LogP contribution in [0.2, 0.25) is 0 Å². The van der Waals surface area contributed by atoms with Crippen LogP contribution in [0.15, 0.2) is 0 Å². The van der Waals surface area contributed by atoms with Crippen LogP contribution in [0, 0.1) is 5.92 Å². The lowest BCUT2D eigenvalue weighted by Gasteiger charge is -2.26. The fourth-order valence-corrected chi connectivity index (χ4v) is 9.84. The number of hydrogen-bond donors (Lipinski definition) is 11. The minimum Gasteiger partial charge on any atom is -0.480 e. The number of nitrogens with one attached hydrogen (secondary N) is 7. The summed E-state index contributed by atoms with van der Waals surface area (Å²) in [5.41, 5.74) is 0. The molecular formula is C58H101IN8O19. The van der Waals surface area contributed by atoms with Crippen molar-refractivity contribution in [2.45, 2.75) is 217 Å². The molecule has 0 aromatic heterocycles. The molecule has 0 aromatic rings. The Bertz CT molecular complexity index is 2010. The molecule has 0 radical (unpaired) electrons. The third-order valence-electron chi connectivity index (χ3n) is 14.2. The largest absolute Gasteiger partial charge is 0.480 e. The van der Waals surface area contributed by atoms with Gasteiger partial charge < -0.3 is 76.2 Å². The Hall–Kier alpha value is -5.30. The summed E-state index contributed by atoms with van der Waals surface area (Å²) in [5.74, 6) is -7.81. The first-order valence-electron chi connectivity index (χ1n) is 30.8. The molecule has 27 nitrogen and oxygen atoms in total. The number of carbonyl (C=O) groups is 11. The molecular weight excluding hydrogens is 1240 g/mol. The van der Waals surface area contributed by atoms with Gasteiger partial charge in [-0.15, -0.1) is 0 Å². The molecule has 7 amide bonds. The number of likely N-dealkylation sites (tertiary alicyclic amines) is 1. The van der Waals surface area contributed by atoms with Crippen molar-refractivity contribution in [2.75, 3.05) is 79.0 Å². The molecule has 5 atom stereocenters. The maximum absolute atomic E-state index is 12.9. The average molecular weight is 1340 g/mol. The van der Waals surface area contributed by atoms with Crippen LogP contribution in [0.1, 0.15) is 187 Å². The van der Waals surface area contributed by atoms with Crippen molar-refractivity contribution in [1.29, 1.82) is 0 Å². The van der Waals surface area contributed by atoms with E-state index < -0.39 is 90.7 Å². The van der Waals surface area contributed by atoms with Crippen LogP contribution in [-0.2, 0) is 71.7 Å². The Morgan fingerprint density at radius 2 is 0.826 bits per heavy atom. The highest BCUT2D eigenvalue weighted by atomic mass is 127. The number of ether oxygens (including phenoxy) is 4. The molecule has 86 heavy (non-hydrogen) atoms. The van der Waals surface area contributed by atoms with Gasteiger partial charge in [-0.2, -0.15) is 0 Å². The highest BCUT2D eigenvalue weighted by Crippen LogP contribution is 2.21. The van der Waals surface area contributed by atoms with E-state index in [0.29, 0.717) is 45.1 Å². The van der Waals surface area contributed by atoms with E-state index in [4.69, 9.17) is 18.9 Å². The summed E-state index contributed by atoms with van der Waals surface area (Å²) in [6.45, 7) is 5.15. The smallest absolute Gasteiger partial charge is 0.326 e. The van der Waals surface area contributed by atoms with Gasteiger partial charge in [0.15, 0.2) is 0 Å². The molecule has 1 saturated heterocycles. The second-order valence-electron chi connectivity index (χ2n) is 21.9. The maximum Gasteiger partial charge on any atom is 0.326 e. The number of unbranched alkanes of at least 4 members (excludes halogenated alkanes) is 14.